The first-order valence-corrected chi connectivity index (χ1v) is 5.30. The molecule has 1 aliphatic rings. The lowest BCUT2D eigenvalue weighted by molar-refractivity contribution is -0.128. The molecule has 0 N–H and O–H groups in total. The van der Waals surface area contributed by atoms with E-state index in [-0.39, 0.29) is 5.60 Å². The molecule has 0 aromatic heterocycles. The van der Waals surface area contributed by atoms with Gasteiger partial charge in [-0.1, -0.05) is 0 Å². The minimum absolute atomic E-state index is 0.0374. The second-order valence-electron chi connectivity index (χ2n) is 4.68. The van der Waals surface area contributed by atoms with Crippen LogP contribution in [0.3, 0.4) is 0 Å². The smallest absolute Gasteiger partial charge is 0.0757 e. The van der Waals surface area contributed by atoms with Crippen molar-refractivity contribution in [2.45, 2.75) is 45.3 Å². The largest absolute Gasteiger partial charge is 0.370 e. The SMILES string of the molecule is CC1CN(CCCC#N)CC(C)(C)O1. The quantitative estimate of drug-likeness (QED) is 0.646. The van der Waals surface area contributed by atoms with E-state index in [1.165, 1.54) is 0 Å². The van der Waals surface area contributed by atoms with E-state index in [1.54, 1.807) is 0 Å². The van der Waals surface area contributed by atoms with Crippen LogP contribution in [0.2, 0.25) is 0 Å². The van der Waals surface area contributed by atoms with Crippen LogP contribution in [-0.2, 0) is 4.74 Å². The zero-order valence-corrected chi connectivity index (χ0v) is 9.42. The Kier molecular flexibility index (Phi) is 3.91. The van der Waals surface area contributed by atoms with Crippen molar-refractivity contribution in [2.24, 2.45) is 0 Å². The Hall–Kier alpha value is -0.590. The molecule has 1 rings (SSSR count). The minimum atomic E-state index is -0.0374. The van der Waals surface area contributed by atoms with Crippen LogP contribution < -0.4 is 0 Å². The molecule has 1 heterocycles. The van der Waals surface area contributed by atoms with Crippen molar-refractivity contribution in [1.82, 2.24) is 4.90 Å². The molecule has 0 saturated carbocycles. The maximum atomic E-state index is 8.46. The topological polar surface area (TPSA) is 36.3 Å². The summed E-state index contributed by atoms with van der Waals surface area (Å²) in [5, 5.41) is 8.46. The molecule has 1 atom stereocenters. The molecule has 0 radical (unpaired) electrons. The molecular weight excluding hydrogens is 176 g/mol. The Morgan fingerprint density at radius 3 is 2.86 bits per heavy atom. The van der Waals surface area contributed by atoms with Crippen molar-refractivity contribution >= 4 is 0 Å². The van der Waals surface area contributed by atoms with E-state index in [4.69, 9.17) is 10.00 Å². The summed E-state index contributed by atoms with van der Waals surface area (Å²) in [6.45, 7) is 9.35. The van der Waals surface area contributed by atoms with Gasteiger partial charge in [0.1, 0.15) is 0 Å². The molecule has 1 aliphatic heterocycles. The second-order valence-corrected chi connectivity index (χ2v) is 4.68. The van der Waals surface area contributed by atoms with Crippen molar-refractivity contribution in [2.75, 3.05) is 19.6 Å². The number of unbranched alkanes of at least 4 members (excludes halogenated alkanes) is 1. The van der Waals surface area contributed by atoms with Crippen LogP contribution in [0.15, 0.2) is 0 Å². The average molecular weight is 196 g/mol. The minimum Gasteiger partial charge on any atom is -0.370 e. The third-order valence-corrected chi connectivity index (χ3v) is 2.40. The maximum absolute atomic E-state index is 8.46. The number of morpholine rings is 1. The highest BCUT2D eigenvalue weighted by Gasteiger charge is 2.30. The van der Waals surface area contributed by atoms with Gasteiger partial charge < -0.3 is 4.74 Å². The number of nitrogens with zero attached hydrogens (tertiary/aromatic N) is 2. The summed E-state index contributed by atoms with van der Waals surface area (Å²) in [5.74, 6) is 0. The monoisotopic (exact) mass is 196 g/mol. The maximum Gasteiger partial charge on any atom is 0.0757 e. The van der Waals surface area contributed by atoms with Crippen molar-refractivity contribution in [3.8, 4) is 6.07 Å². The Bertz CT molecular complexity index is 220. The fraction of sp³-hybridized carbons (Fsp3) is 0.909. The molecule has 1 fully saturated rings. The Morgan fingerprint density at radius 1 is 1.57 bits per heavy atom. The van der Waals surface area contributed by atoms with Gasteiger partial charge in [-0.05, 0) is 33.7 Å². The molecule has 1 unspecified atom stereocenters. The average Bonchev–Trinajstić information content (AvgIpc) is 2.00. The lowest BCUT2D eigenvalue weighted by Gasteiger charge is -2.41. The molecule has 0 amide bonds. The van der Waals surface area contributed by atoms with Crippen molar-refractivity contribution in [1.29, 1.82) is 5.26 Å². The van der Waals surface area contributed by atoms with Gasteiger partial charge in [-0.15, -0.1) is 0 Å². The van der Waals surface area contributed by atoms with Crippen LogP contribution in [0.5, 0.6) is 0 Å². The van der Waals surface area contributed by atoms with Crippen molar-refractivity contribution < 1.29 is 4.74 Å². The summed E-state index contributed by atoms with van der Waals surface area (Å²) in [5.41, 5.74) is -0.0374. The first-order valence-electron chi connectivity index (χ1n) is 5.30. The first kappa shape index (κ1) is 11.5. The van der Waals surface area contributed by atoms with Gasteiger partial charge >= 0.3 is 0 Å². The van der Waals surface area contributed by atoms with E-state index in [2.05, 4.69) is 31.7 Å². The molecule has 0 aromatic rings. The molecule has 0 bridgehead atoms. The summed E-state index contributed by atoms with van der Waals surface area (Å²) in [6.07, 6.45) is 1.94. The highest BCUT2D eigenvalue weighted by molar-refractivity contribution is 4.83. The predicted molar refractivity (Wildman–Crippen MR) is 55.9 cm³/mol. The zero-order valence-electron chi connectivity index (χ0n) is 9.42. The van der Waals surface area contributed by atoms with Crippen LogP contribution in [-0.4, -0.2) is 36.2 Å². The number of rotatable bonds is 3. The Balaban J connectivity index is 2.35. The van der Waals surface area contributed by atoms with E-state index in [1.807, 2.05) is 0 Å². The highest BCUT2D eigenvalue weighted by atomic mass is 16.5. The summed E-state index contributed by atoms with van der Waals surface area (Å²) < 4.78 is 5.80. The Morgan fingerprint density at radius 2 is 2.29 bits per heavy atom. The van der Waals surface area contributed by atoms with Crippen molar-refractivity contribution in [3.63, 3.8) is 0 Å². The lowest BCUT2D eigenvalue weighted by Crippen LogP contribution is -2.51. The number of ether oxygens (including phenoxy) is 1. The third-order valence-electron chi connectivity index (χ3n) is 2.40. The van der Waals surface area contributed by atoms with Gasteiger partial charge in [0, 0.05) is 19.5 Å². The van der Waals surface area contributed by atoms with Crippen LogP contribution in [0.4, 0.5) is 0 Å². The van der Waals surface area contributed by atoms with Gasteiger partial charge in [-0.3, -0.25) is 4.90 Å². The molecule has 3 heteroatoms. The van der Waals surface area contributed by atoms with Crippen LogP contribution >= 0.6 is 0 Å². The summed E-state index contributed by atoms with van der Waals surface area (Å²) >= 11 is 0. The summed E-state index contributed by atoms with van der Waals surface area (Å²) in [6, 6.07) is 2.18. The van der Waals surface area contributed by atoms with E-state index in [0.29, 0.717) is 12.5 Å². The molecular formula is C11H20N2O. The zero-order chi connectivity index (χ0) is 10.6. The van der Waals surface area contributed by atoms with Gasteiger partial charge in [0.25, 0.3) is 0 Å². The molecule has 0 spiro atoms. The molecule has 0 aromatic carbocycles. The first-order chi connectivity index (χ1) is 6.53. The van der Waals surface area contributed by atoms with Gasteiger partial charge in [0.05, 0.1) is 17.8 Å². The Labute approximate surface area is 86.6 Å². The molecule has 0 aliphatic carbocycles. The van der Waals surface area contributed by atoms with Crippen LogP contribution in [0, 0.1) is 11.3 Å². The second kappa shape index (κ2) is 4.77. The molecule has 1 saturated heterocycles. The number of hydrogen-bond acceptors (Lipinski definition) is 3. The van der Waals surface area contributed by atoms with Gasteiger partial charge in [-0.2, -0.15) is 5.26 Å². The van der Waals surface area contributed by atoms with E-state index in [0.717, 1.165) is 26.1 Å². The third kappa shape index (κ3) is 3.65. The normalized spacial score (nSPS) is 27.1. The summed E-state index contributed by atoms with van der Waals surface area (Å²) in [7, 11) is 0. The predicted octanol–water partition coefficient (Wildman–Crippen LogP) is 1.79. The van der Waals surface area contributed by atoms with Crippen LogP contribution in [0.1, 0.15) is 33.6 Å². The van der Waals surface area contributed by atoms with E-state index < -0.39 is 0 Å². The van der Waals surface area contributed by atoms with Gasteiger partial charge in [0.15, 0.2) is 0 Å². The highest BCUT2D eigenvalue weighted by Crippen LogP contribution is 2.20. The number of hydrogen-bond donors (Lipinski definition) is 0. The molecule has 14 heavy (non-hydrogen) atoms. The molecule has 80 valence electrons. The fourth-order valence-corrected chi connectivity index (χ4v) is 2.14. The van der Waals surface area contributed by atoms with Crippen molar-refractivity contribution in [3.05, 3.63) is 0 Å². The van der Waals surface area contributed by atoms with E-state index in [9.17, 15) is 0 Å². The van der Waals surface area contributed by atoms with Gasteiger partial charge in [0.2, 0.25) is 0 Å². The van der Waals surface area contributed by atoms with Crippen LogP contribution in [0.25, 0.3) is 0 Å². The fourth-order valence-electron chi connectivity index (χ4n) is 2.14. The van der Waals surface area contributed by atoms with Gasteiger partial charge in [-0.25, -0.2) is 0 Å². The molecule has 3 nitrogen and oxygen atoms in total. The number of nitriles is 1. The van der Waals surface area contributed by atoms with E-state index >= 15 is 0 Å². The lowest BCUT2D eigenvalue weighted by atomic mass is 10.1. The summed E-state index contributed by atoms with van der Waals surface area (Å²) in [4.78, 5) is 2.39. The standard InChI is InChI=1S/C11H20N2O/c1-10-8-13(7-5-4-6-12)9-11(2,3)14-10/h10H,4-5,7-9H2,1-3H3.